The number of nitrogens with one attached hydrogen (secondary N) is 1. The first kappa shape index (κ1) is 21.9. The van der Waals surface area contributed by atoms with Gasteiger partial charge in [-0.3, -0.25) is 4.79 Å². The van der Waals surface area contributed by atoms with Crippen molar-refractivity contribution in [3.63, 3.8) is 0 Å². The maximum Gasteiger partial charge on any atom is 0.232 e. The van der Waals surface area contributed by atoms with Gasteiger partial charge in [-0.1, -0.05) is 96.0 Å². The Morgan fingerprint density at radius 2 is 1.22 bits per heavy atom. The molecule has 0 saturated heterocycles. The largest absolute Gasteiger partial charge is 0.508 e. The molecule has 2 unspecified atom stereocenters. The van der Waals surface area contributed by atoms with Crippen molar-refractivity contribution in [2.45, 2.75) is 12.0 Å². The van der Waals surface area contributed by atoms with Gasteiger partial charge in [0.2, 0.25) is 5.91 Å². The van der Waals surface area contributed by atoms with E-state index in [0.29, 0.717) is 15.6 Å². The SMILES string of the molecule is O=C(NC(c1ccccc1)c1ccc(Cl)cc1)C(c1ccccc1)c1cc(Cl)ccc1O. The molecule has 3 nitrogen and oxygen atoms in total. The van der Waals surface area contributed by atoms with Crippen molar-refractivity contribution >= 4 is 29.1 Å². The van der Waals surface area contributed by atoms with Crippen LogP contribution in [0.25, 0.3) is 0 Å². The maximum atomic E-state index is 13.7. The van der Waals surface area contributed by atoms with Crippen molar-refractivity contribution in [2.24, 2.45) is 0 Å². The monoisotopic (exact) mass is 461 g/mol. The van der Waals surface area contributed by atoms with Gasteiger partial charge in [-0.05, 0) is 47.0 Å². The Kier molecular flexibility index (Phi) is 6.79. The number of hydrogen-bond acceptors (Lipinski definition) is 2. The van der Waals surface area contributed by atoms with E-state index in [0.717, 1.165) is 16.7 Å². The van der Waals surface area contributed by atoms with Crippen LogP contribution in [0, 0.1) is 0 Å². The zero-order valence-electron chi connectivity index (χ0n) is 17.1. The van der Waals surface area contributed by atoms with Gasteiger partial charge in [0, 0.05) is 15.6 Å². The smallest absolute Gasteiger partial charge is 0.232 e. The summed E-state index contributed by atoms with van der Waals surface area (Å²) in [6.07, 6.45) is 0. The van der Waals surface area contributed by atoms with Gasteiger partial charge in [-0.15, -0.1) is 0 Å². The molecule has 32 heavy (non-hydrogen) atoms. The lowest BCUT2D eigenvalue weighted by molar-refractivity contribution is -0.122. The fourth-order valence-electron chi connectivity index (χ4n) is 3.76. The second-order valence-electron chi connectivity index (χ2n) is 7.45. The summed E-state index contributed by atoms with van der Waals surface area (Å²) >= 11 is 12.3. The normalized spacial score (nSPS) is 12.7. The summed E-state index contributed by atoms with van der Waals surface area (Å²) in [5, 5.41) is 14.8. The molecule has 160 valence electrons. The molecule has 0 radical (unpaired) electrons. The van der Waals surface area contributed by atoms with Crippen LogP contribution in [-0.4, -0.2) is 11.0 Å². The predicted octanol–water partition coefficient (Wildman–Crippen LogP) is 6.74. The van der Waals surface area contributed by atoms with Crippen LogP contribution in [0.5, 0.6) is 5.75 Å². The fourth-order valence-corrected chi connectivity index (χ4v) is 4.07. The predicted molar refractivity (Wildman–Crippen MR) is 129 cm³/mol. The van der Waals surface area contributed by atoms with Gasteiger partial charge in [0.1, 0.15) is 5.75 Å². The Morgan fingerprint density at radius 1 is 0.688 bits per heavy atom. The van der Waals surface area contributed by atoms with Crippen molar-refractivity contribution in [3.8, 4) is 5.75 Å². The Labute approximate surface area is 197 Å². The molecule has 2 N–H and O–H groups in total. The first-order valence-electron chi connectivity index (χ1n) is 10.2. The van der Waals surface area contributed by atoms with E-state index >= 15 is 0 Å². The minimum atomic E-state index is -0.742. The number of halogens is 2. The molecule has 0 aliphatic carbocycles. The summed E-state index contributed by atoms with van der Waals surface area (Å²) in [6, 6.07) is 30.8. The molecular weight excluding hydrogens is 441 g/mol. The average molecular weight is 462 g/mol. The molecule has 5 heteroatoms. The van der Waals surface area contributed by atoms with Crippen LogP contribution in [0.4, 0.5) is 0 Å². The Bertz CT molecular complexity index is 1200. The average Bonchev–Trinajstić information content (AvgIpc) is 2.82. The third-order valence-electron chi connectivity index (χ3n) is 5.32. The summed E-state index contributed by atoms with van der Waals surface area (Å²) in [7, 11) is 0. The lowest BCUT2D eigenvalue weighted by Gasteiger charge is -2.25. The van der Waals surface area contributed by atoms with Crippen LogP contribution in [0.3, 0.4) is 0 Å². The molecule has 0 aromatic heterocycles. The molecule has 4 rings (SSSR count). The molecule has 0 aliphatic rings. The molecule has 4 aromatic rings. The van der Waals surface area contributed by atoms with Gasteiger partial charge in [0.25, 0.3) is 0 Å². The first-order valence-corrected chi connectivity index (χ1v) is 10.9. The second kappa shape index (κ2) is 9.90. The molecule has 0 fully saturated rings. The fraction of sp³-hybridized carbons (Fsp3) is 0.0741. The standard InChI is InChI=1S/C27H21Cl2NO2/c28-21-13-11-20(12-14-21)26(19-9-5-2-6-10-19)30-27(32)25(18-7-3-1-4-8-18)23-17-22(29)15-16-24(23)31/h1-17,25-26,31H,(H,30,32). The van der Waals surface area contributed by atoms with Crippen LogP contribution in [0.15, 0.2) is 103 Å². The number of amides is 1. The zero-order valence-corrected chi connectivity index (χ0v) is 18.6. The molecule has 0 spiro atoms. The van der Waals surface area contributed by atoms with Crippen molar-refractivity contribution in [1.82, 2.24) is 5.32 Å². The summed E-state index contributed by atoms with van der Waals surface area (Å²) in [6.45, 7) is 0. The van der Waals surface area contributed by atoms with Crippen LogP contribution < -0.4 is 5.32 Å². The van der Waals surface area contributed by atoms with E-state index < -0.39 is 12.0 Å². The summed E-state index contributed by atoms with van der Waals surface area (Å²) in [5.74, 6) is -0.980. The van der Waals surface area contributed by atoms with Crippen molar-refractivity contribution in [1.29, 1.82) is 0 Å². The number of phenolic OH excluding ortho intramolecular Hbond substituents is 1. The first-order chi connectivity index (χ1) is 15.5. The van der Waals surface area contributed by atoms with E-state index in [1.54, 1.807) is 24.3 Å². The number of hydrogen-bond donors (Lipinski definition) is 2. The molecule has 0 aliphatic heterocycles. The van der Waals surface area contributed by atoms with E-state index in [-0.39, 0.29) is 11.7 Å². The van der Waals surface area contributed by atoms with Gasteiger partial charge in [-0.25, -0.2) is 0 Å². The highest BCUT2D eigenvalue weighted by molar-refractivity contribution is 6.31. The van der Waals surface area contributed by atoms with E-state index in [1.165, 1.54) is 6.07 Å². The molecule has 0 saturated carbocycles. The van der Waals surface area contributed by atoms with E-state index in [4.69, 9.17) is 23.2 Å². The maximum absolute atomic E-state index is 13.7. The highest BCUT2D eigenvalue weighted by Crippen LogP contribution is 2.35. The highest BCUT2D eigenvalue weighted by atomic mass is 35.5. The third kappa shape index (κ3) is 4.96. The lowest BCUT2D eigenvalue weighted by atomic mass is 9.88. The summed E-state index contributed by atoms with van der Waals surface area (Å²) in [5.41, 5.74) is 3.04. The third-order valence-corrected chi connectivity index (χ3v) is 5.81. The van der Waals surface area contributed by atoms with Crippen LogP contribution in [0.2, 0.25) is 10.0 Å². The topological polar surface area (TPSA) is 49.3 Å². The number of aromatic hydroxyl groups is 1. The van der Waals surface area contributed by atoms with Crippen LogP contribution in [-0.2, 0) is 4.79 Å². The number of benzene rings is 4. The van der Waals surface area contributed by atoms with Crippen LogP contribution in [0.1, 0.15) is 34.2 Å². The molecule has 4 aromatic carbocycles. The number of carbonyl (C=O) groups excluding carboxylic acids is 1. The Hall–Kier alpha value is -3.27. The van der Waals surface area contributed by atoms with Crippen molar-refractivity contribution in [3.05, 3.63) is 135 Å². The molecule has 2 atom stereocenters. The number of carbonyl (C=O) groups is 1. The van der Waals surface area contributed by atoms with E-state index in [9.17, 15) is 9.90 Å². The minimum Gasteiger partial charge on any atom is -0.508 e. The Balaban J connectivity index is 1.76. The number of phenols is 1. The van der Waals surface area contributed by atoms with Gasteiger partial charge >= 0.3 is 0 Å². The molecular formula is C27H21Cl2NO2. The highest BCUT2D eigenvalue weighted by Gasteiger charge is 2.28. The lowest BCUT2D eigenvalue weighted by Crippen LogP contribution is -2.34. The van der Waals surface area contributed by atoms with Gasteiger partial charge in [0.05, 0.1) is 12.0 Å². The second-order valence-corrected chi connectivity index (χ2v) is 8.32. The molecule has 0 heterocycles. The summed E-state index contributed by atoms with van der Waals surface area (Å²) in [4.78, 5) is 13.7. The van der Waals surface area contributed by atoms with Gasteiger partial charge in [-0.2, -0.15) is 0 Å². The van der Waals surface area contributed by atoms with E-state index in [1.807, 2.05) is 72.8 Å². The van der Waals surface area contributed by atoms with Gasteiger partial charge < -0.3 is 10.4 Å². The van der Waals surface area contributed by atoms with Crippen molar-refractivity contribution < 1.29 is 9.90 Å². The summed E-state index contributed by atoms with van der Waals surface area (Å²) < 4.78 is 0. The van der Waals surface area contributed by atoms with Crippen molar-refractivity contribution in [2.75, 3.05) is 0 Å². The van der Waals surface area contributed by atoms with Gasteiger partial charge in [0.15, 0.2) is 0 Å². The molecule has 1 amide bonds. The van der Waals surface area contributed by atoms with E-state index in [2.05, 4.69) is 5.32 Å². The quantitative estimate of drug-likeness (QED) is 0.334. The zero-order chi connectivity index (χ0) is 22.5. The Morgan fingerprint density at radius 3 is 1.84 bits per heavy atom. The van der Waals surface area contributed by atoms with Crippen LogP contribution >= 0.6 is 23.2 Å². The minimum absolute atomic E-state index is 0.0150. The molecule has 0 bridgehead atoms. The number of rotatable bonds is 6.